The van der Waals surface area contributed by atoms with Crippen LogP contribution in [0.1, 0.15) is 66.2 Å². The van der Waals surface area contributed by atoms with Gasteiger partial charge >= 0.3 is 5.97 Å². The van der Waals surface area contributed by atoms with Gasteiger partial charge in [-0.05, 0) is 50.5 Å². The third kappa shape index (κ3) is 8.38. The Balaban J connectivity index is 2.89. The molecule has 1 saturated heterocycles. The molecule has 3 amide bonds. The lowest BCUT2D eigenvalue weighted by Gasteiger charge is -2.31. The monoisotopic (exact) mass is 455 g/mol. The van der Waals surface area contributed by atoms with Gasteiger partial charge in [-0.2, -0.15) is 0 Å². The van der Waals surface area contributed by atoms with E-state index >= 15 is 0 Å². The van der Waals surface area contributed by atoms with Crippen molar-refractivity contribution in [1.82, 2.24) is 15.5 Å². The number of carbonyl (C=O) groups excluding carboxylic acids is 3. The molecule has 32 heavy (non-hydrogen) atoms. The van der Waals surface area contributed by atoms with Gasteiger partial charge in [-0.15, -0.1) is 0 Å². The number of nitrogens with one attached hydrogen (secondary N) is 2. The van der Waals surface area contributed by atoms with Gasteiger partial charge in [-0.3, -0.25) is 14.4 Å². The summed E-state index contributed by atoms with van der Waals surface area (Å²) in [6.45, 7) is 8.31. The zero-order valence-electron chi connectivity index (χ0n) is 19.8. The highest BCUT2D eigenvalue weighted by molar-refractivity contribution is 5.94. The first-order valence-corrected chi connectivity index (χ1v) is 11.6. The second kappa shape index (κ2) is 13.4. The van der Waals surface area contributed by atoms with Crippen molar-refractivity contribution < 1.29 is 24.3 Å². The Hall–Kier alpha value is -2.20. The standard InChI is InChI=1S/C22H41N5O5/c1-13(2)12-16(25-19(28)15(24)8-5-6-10-23)20(29)26-18(14(3)4)21(30)27-11-7-9-17(27)22(31)32/h13-18H,5-12,23-24H2,1-4H3,(H,25,28)(H,26,29)(H,31,32). The van der Waals surface area contributed by atoms with Crippen LogP contribution in [0.15, 0.2) is 0 Å². The summed E-state index contributed by atoms with van der Waals surface area (Å²) in [6, 6.07) is -3.34. The average molecular weight is 456 g/mol. The van der Waals surface area contributed by atoms with Crippen LogP contribution in [-0.4, -0.2) is 71.0 Å². The topological polar surface area (TPSA) is 168 Å². The summed E-state index contributed by atoms with van der Waals surface area (Å²) in [6.07, 6.45) is 3.34. The number of carbonyl (C=O) groups is 4. The van der Waals surface area contributed by atoms with Crippen molar-refractivity contribution in [2.24, 2.45) is 23.3 Å². The molecule has 10 heteroatoms. The van der Waals surface area contributed by atoms with Crippen molar-refractivity contribution in [2.75, 3.05) is 13.1 Å². The van der Waals surface area contributed by atoms with Gasteiger partial charge in [-0.1, -0.05) is 34.1 Å². The van der Waals surface area contributed by atoms with E-state index in [1.807, 2.05) is 13.8 Å². The Morgan fingerprint density at radius 2 is 1.72 bits per heavy atom. The average Bonchev–Trinajstić information content (AvgIpc) is 3.20. The van der Waals surface area contributed by atoms with Crippen LogP contribution < -0.4 is 22.1 Å². The SMILES string of the molecule is CC(C)CC(NC(=O)C(N)CCCCN)C(=O)NC(C(=O)N1CCCC1C(=O)O)C(C)C. The second-order valence-electron chi connectivity index (χ2n) is 9.34. The van der Waals surface area contributed by atoms with Crippen molar-refractivity contribution in [3.8, 4) is 0 Å². The Bertz CT molecular complexity index is 655. The molecular weight excluding hydrogens is 414 g/mol. The van der Waals surface area contributed by atoms with Crippen molar-refractivity contribution in [2.45, 2.75) is 90.4 Å². The molecule has 0 aromatic heterocycles. The first-order valence-electron chi connectivity index (χ1n) is 11.6. The van der Waals surface area contributed by atoms with E-state index in [1.165, 1.54) is 4.90 Å². The van der Waals surface area contributed by atoms with Gasteiger partial charge in [-0.25, -0.2) is 4.79 Å². The molecule has 1 aliphatic rings. The van der Waals surface area contributed by atoms with Crippen LogP contribution >= 0.6 is 0 Å². The number of aliphatic carboxylic acids is 1. The maximum atomic E-state index is 13.1. The highest BCUT2D eigenvalue weighted by Crippen LogP contribution is 2.20. The van der Waals surface area contributed by atoms with Crippen molar-refractivity contribution >= 4 is 23.7 Å². The first kappa shape index (κ1) is 27.8. The molecule has 0 bridgehead atoms. The van der Waals surface area contributed by atoms with Gasteiger partial charge in [0.15, 0.2) is 0 Å². The molecule has 0 radical (unpaired) electrons. The molecule has 4 atom stereocenters. The number of nitrogens with zero attached hydrogens (tertiary/aromatic N) is 1. The molecule has 0 saturated carbocycles. The molecular formula is C22H41N5O5. The van der Waals surface area contributed by atoms with E-state index < -0.39 is 47.9 Å². The number of hydrogen-bond donors (Lipinski definition) is 5. The Morgan fingerprint density at radius 3 is 2.25 bits per heavy atom. The maximum Gasteiger partial charge on any atom is 0.326 e. The third-order valence-corrected chi connectivity index (χ3v) is 5.70. The third-order valence-electron chi connectivity index (χ3n) is 5.70. The van der Waals surface area contributed by atoms with E-state index in [-0.39, 0.29) is 11.8 Å². The van der Waals surface area contributed by atoms with Crippen LogP contribution in [0.5, 0.6) is 0 Å². The summed E-state index contributed by atoms with van der Waals surface area (Å²) >= 11 is 0. The molecule has 1 heterocycles. The van der Waals surface area contributed by atoms with E-state index in [4.69, 9.17) is 11.5 Å². The number of amides is 3. The number of carboxylic acid groups (broad SMARTS) is 1. The number of rotatable bonds is 13. The number of likely N-dealkylation sites (tertiary alicyclic amines) is 1. The molecule has 0 aliphatic carbocycles. The Morgan fingerprint density at radius 1 is 1.06 bits per heavy atom. The van der Waals surface area contributed by atoms with E-state index in [9.17, 15) is 24.3 Å². The lowest BCUT2D eigenvalue weighted by Crippen LogP contribution is -2.58. The van der Waals surface area contributed by atoms with Gasteiger partial charge in [0.05, 0.1) is 6.04 Å². The van der Waals surface area contributed by atoms with E-state index in [1.54, 1.807) is 13.8 Å². The van der Waals surface area contributed by atoms with Crippen LogP contribution in [-0.2, 0) is 19.2 Å². The normalized spacial score (nSPS) is 19.0. The first-order chi connectivity index (χ1) is 15.0. The minimum atomic E-state index is -1.04. The lowest BCUT2D eigenvalue weighted by molar-refractivity contribution is -0.150. The van der Waals surface area contributed by atoms with Crippen molar-refractivity contribution in [3.63, 3.8) is 0 Å². The number of hydrogen-bond acceptors (Lipinski definition) is 6. The fourth-order valence-corrected chi connectivity index (χ4v) is 3.85. The van der Waals surface area contributed by atoms with Crippen molar-refractivity contribution in [3.05, 3.63) is 0 Å². The van der Waals surface area contributed by atoms with E-state index in [0.717, 1.165) is 12.8 Å². The molecule has 10 nitrogen and oxygen atoms in total. The van der Waals surface area contributed by atoms with Gasteiger partial charge in [0.1, 0.15) is 18.1 Å². The van der Waals surface area contributed by atoms with Crippen LogP contribution in [0.2, 0.25) is 0 Å². The van der Waals surface area contributed by atoms with E-state index in [0.29, 0.717) is 38.8 Å². The zero-order chi connectivity index (χ0) is 24.4. The molecule has 7 N–H and O–H groups in total. The van der Waals surface area contributed by atoms with Gasteiger partial charge in [0.25, 0.3) is 0 Å². The summed E-state index contributed by atoms with van der Waals surface area (Å²) in [5.41, 5.74) is 11.4. The fourth-order valence-electron chi connectivity index (χ4n) is 3.85. The number of carboxylic acids is 1. The predicted molar refractivity (Wildman–Crippen MR) is 121 cm³/mol. The summed E-state index contributed by atoms with van der Waals surface area (Å²) in [7, 11) is 0. The predicted octanol–water partition coefficient (Wildman–Crippen LogP) is 0.190. The fraction of sp³-hybridized carbons (Fsp3) is 0.818. The molecule has 0 aromatic carbocycles. The zero-order valence-corrected chi connectivity index (χ0v) is 19.8. The number of nitrogens with two attached hydrogens (primary N) is 2. The maximum absolute atomic E-state index is 13.1. The lowest BCUT2D eigenvalue weighted by atomic mass is 9.99. The van der Waals surface area contributed by atoms with Crippen LogP contribution in [0.3, 0.4) is 0 Å². The summed E-state index contributed by atoms with van der Waals surface area (Å²) < 4.78 is 0. The molecule has 0 aromatic rings. The van der Waals surface area contributed by atoms with Gasteiger partial charge < -0.3 is 32.1 Å². The second-order valence-corrected chi connectivity index (χ2v) is 9.34. The molecule has 1 rings (SSSR count). The van der Waals surface area contributed by atoms with E-state index in [2.05, 4.69) is 10.6 Å². The number of unbranched alkanes of at least 4 members (excludes halogenated alkanes) is 1. The highest BCUT2D eigenvalue weighted by Gasteiger charge is 2.39. The quantitative estimate of drug-likeness (QED) is 0.247. The highest BCUT2D eigenvalue weighted by atomic mass is 16.4. The molecule has 184 valence electrons. The largest absolute Gasteiger partial charge is 0.480 e. The molecule has 0 spiro atoms. The van der Waals surface area contributed by atoms with Gasteiger partial charge in [0, 0.05) is 6.54 Å². The minimum absolute atomic E-state index is 0.114. The Labute approximate surface area is 190 Å². The Kier molecular flexibility index (Phi) is 11.6. The molecule has 1 fully saturated rings. The van der Waals surface area contributed by atoms with Crippen LogP contribution in [0.25, 0.3) is 0 Å². The van der Waals surface area contributed by atoms with Gasteiger partial charge in [0.2, 0.25) is 17.7 Å². The van der Waals surface area contributed by atoms with Crippen LogP contribution in [0.4, 0.5) is 0 Å². The molecule has 4 unspecified atom stereocenters. The minimum Gasteiger partial charge on any atom is -0.480 e. The smallest absolute Gasteiger partial charge is 0.326 e. The van der Waals surface area contributed by atoms with Crippen molar-refractivity contribution in [1.29, 1.82) is 0 Å². The summed E-state index contributed by atoms with van der Waals surface area (Å²) in [5.74, 6) is -2.48. The molecule has 1 aliphatic heterocycles. The van der Waals surface area contributed by atoms with Crippen LogP contribution in [0, 0.1) is 11.8 Å². The summed E-state index contributed by atoms with van der Waals surface area (Å²) in [4.78, 5) is 51.5. The summed E-state index contributed by atoms with van der Waals surface area (Å²) in [5, 5.41) is 14.9.